The van der Waals surface area contributed by atoms with Crippen LogP contribution in [0.2, 0.25) is 0 Å². The predicted molar refractivity (Wildman–Crippen MR) is 104 cm³/mol. The predicted octanol–water partition coefficient (Wildman–Crippen LogP) is 4.73. The number of nitrogens with one attached hydrogen (secondary N) is 1. The summed E-state index contributed by atoms with van der Waals surface area (Å²) in [5.74, 6) is -1.08. The van der Waals surface area contributed by atoms with Crippen LogP contribution in [0, 0.1) is 18.6 Å². The molecule has 9 heteroatoms. The van der Waals surface area contributed by atoms with Gasteiger partial charge in [0.05, 0.1) is 11.4 Å². The van der Waals surface area contributed by atoms with Crippen LogP contribution in [0.15, 0.2) is 34.8 Å². The number of thioether (sulfide) groups is 1. The maximum atomic E-state index is 13.6. The van der Waals surface area contributed by atoms with Gasteiger partial charge in [0.2, 0.25) is 5.91 Å². The van der Waals surface area contributed by atoms with Crippen LogP contribution in [0.5, 0.6) is 0 Å². The number of anilines is 1. The SMILES string of the molecule is CCCn1c(SCC(=O)Nc2ccc(F)cc2F)nnc1-c1csc(C)c1. The third kappa shape index (κ3) is 4.72. The molecule has 1 N–H and O–H groups in total. The van der Waals surface area contributed by atoms with E-state index in [-0.39, 0.29) is 11.4 Å². The third-order valence-corrected chi connectivity index (χ3v) is 5.52. The number of benzene rings is 1. The Balaban J connectivity index is 1.70. The molecule has 142 valence electrons. The van der Waals surface area contributed by atoms with Gasteiger partial charge in [0.15, 0.2) is 11.0 Å². The van der Waals surface area contributed by atoms with E-state index in [1.807, 2.05) is 16.9 Å². The molecule has 5 nitrogen and oxygen atoms in total. The molecule has 0 aliphatic rings. The fraction of sp³-hybridized carbons (Fsp3) is 0.278. The molecule has 1 aromatic carbocycles. The lowest BCUT2D eigenvalue weighted by Gasteiger charge is -2.09. The quantitative estimate of drug-likeness (QED) is 0.574. The van der Waals surface area contributed by atoms with Crippen molar-refractivity contribution >= 4 is 34.7 Å². The monoisotopic (exact) mass is 408 g/mol. The maximum Gasteiger partial charge on any atom is 0.234 e. The third-order valence-electron chi connectivity index (χ3n) is 3.69. The summed E-state index contributed by atoms with van der Waals surface area (Å²) in [4.78, 5) is 13.3. The number of hydrogen-bond donors (Lipinski definition) is 1. The van der Waals surface area contributed by atoms with Crippen LogP contribution in [-0.2, 0) is 11.3 Å². The molecule has 0 bridgehead atoms. The van der Waals surface area contributed by atoms with E-state index in [0.717, 1.165) is 36.5 Å². The van der Waals surface area contributed by atoms with E-state index < -0.39 is 17.5 Å². The minimum atomic E-state index is -0.808. The standard InChI is InChI=1S/C18H18F2N4OS2/c1-3-6-24-17(12-7-11(2)26-9-12)22-23-18(24)27-10-16(25)21-15-5-4-13(19)8-14(15)20/h4-5,7-9H,3,6,10H2,1-2H3,(H,21,25). The highest BCUT2D eigenvalue weighted by atomic mass is 32.2. The largest absolute Gasteiger partial charge is 0.323 e. The summed E-state index contributed by atoms with van der Waals surface area (Å²) in [7, 11) is 0. The number of rotatable bonds is 7. The molecule has 0 saturated heterocycles. The maximum absolute atomic E-state index is 13.6. The molecule has 1 amide bonds. The van der Waals surface area contributed by atoms with E-state index >= 15 is 0 Å². The van der Waals surface area contributed by atoms with E-state index in [4.69, 9.17) is 0 Å². The van der Waals surface area contributed by atoms with Gasteiger partial charge >= 0.3 is 0 Å². The van der Waals surface area contributed by atoms with Crippen molar-refractivity contribution in [2.75, 3.05) is 11.1 Å². The van der Waals surface area contributed by atoms with E-state index in [0.29, 0.717) is 5.16 Å². The number of amides is 1. The second-order valence-corrected chi connectivity index (χ2v) is 7.92. The van der Waals surface area contributed by atoms with Crippen LogP contribution < -0.4 is 5.32 Å². The van der Waals surface area contributed by atoms with Gasteiger partial charge in [-0.3, -0.25) is 4.79 Å². The highest BCUT2D eigenvalue weighted by Gasteiger charge is 2.16. The Bertz CT molecular complexity index is 955. The average molecular weight is 408 g/mol. The van der Waals surface area contributed by atoms with Crippen molar-refractivity contribution in [3.05, 3.63) is 46.2 Å². The Hall–Kier alpha value is -2.26. The minimum absolute atomic E-state index is 0.0430. The Labute approximate surface area is 163 Å². The fourth-order valence-electron chi connectivity index (χ4n) is 2.50. The first-order valence-electron chi connectivity index (χ1n) is 8.34. The zero-order chi connectivity index (χ0) is 19.4. The average Bonchev–Trinajstić information content (AvgIpc) is 3.22. The van der Waals surface area contributed by atoms with Gasteiger partial charge in [-0.25, -0.2) is 8.78 Å². The zero-order valence-electron chi connectivity index (χ0n) is 14.8. The van der Waals surface area contributed by atoms with Crippen molar-refractivity contribution in [2.45, 2.75) is 32.0 Å². The fourth-order valence-corrected chi connectivity index (χ4v) is 3.95. The van der Waals surface area contributed by atoms with Crippen molar-refractivity contribution in [3.63, 3.8) is 0 Å². The molecule has 2 aromatic heterocycles. The van der Waals surface area contributed by atoms with E-state index in [1.165, 1.54) is 22.7 Å². The van der Waals surface area contributed by atoms with Gasteiger partial charge in [-0.05, 0) is 31.5 Å². The summed E-state index contributed by atoms with van der Waals surface area (Å²) in [6.07, 6.45) is 0.898. The van der Waals surface area contributed by atoms with Gasteiger partial charge in [0.1, 0.15) is 11.6 Å². The van der Waals surface area contributed by atoms with E-state index in [1.54, 1.807) is 11.3 Å². The molecule has 27 heavy (non-hydrogen) atoms. The number of carbonyl (C=O) groups excluding carboxylic acids is 1. The topological polar surface area (TPSA) is 59.8 Å². The number of thiophene rings is 1. The Kier molecular flexibility index (Phi) is 6.22. The molecule has 0 aliphatic carbocycles. The van der Waals surface area contributed by atoms with Gasteiger partial charge in [-0.2, -0.15) is 0 Å². The second-order valence-electron chi connectivity index (χ2n) is 5.86. The second kappa shape index (κ2) is 8.62. The Morgan fingerprint density at radius 3 is 2.78 bits per heavy atom. The number of carbonyl (C=O) groups is 1. The smallest absolute Gasteiger partial charge is 0.234 e. The van der Waals surface area contributed by atoms with E-state index in [2.05, 4.69) is 28.5 Å². The molecule has 2 heterocycles. The molecule has 3 aromatic rings. The van der Waals surface area contributed by atoms with Crippen LogP contribution in [0.1, 0.15) is 18.2 Å². The molecule has 3 rings (SSSR count). The highest BCUT2D eigenvalue weighted by Crippen LogP contribution is 2.28. The molecule has 0 fully saturated rings. The van der Waals surface area contributed by atoms with Crippen molar-refractivity contribution in [2.24, 2.45) is 0 Å². The molecular formula is C18H18F2N4OS2. The van der Waals surface area contributed by atoms with Crippen molar-refractivity contribution in [1.82, 2.24) is 14.8 Å². The first-order valence-corrected chi connectivity index (χ1v) is 10.2. The van der Waals surface area contributed by atoms with Gasteiger partial charge in [0, 0.05) is 28.4 Å². The summed E-state index contributed by atoms with van der Waals surface area (Å²) in [6, 6.07) is 5.08. The van der Waals surface area contributed by atoms with Crippen molar-refractivity contribution in [3.8, 4) is 11.4 Å². The van der Waals surface area contributed by atoms with Crippen LogP contribution in [0.4, 0.5) is 14.5 Å². The van der Waals surface area contributed by atoms with Crippen LogP contribution in [0.3, 0.4) is 0 Å². The lowest BCUT2D eigenvalue weighted by Crippen LogP contribution is -2.15. The summed E-state index contributed by atoms with van der Waals surface area (Å²) in [5, 5.41) is 13.6. The van der Waals surface area contributed by atoms with Crippen LogP contribution >= 0.6 is 23.1 Å². The summed E-state index contributed by atoms with van der Waals surface area (Å²) >= 11 is 2.87. The molecule has 0 saturated carbocycles. The minimum Gasteiger partial charge on any atom is -0.323 e. The van der Waals surface area contributed by atoms with Gasteiger partial charge in [-0.15, -0.1) is 21.5 Å². The number of aryl methyl sites for hydroxylation is 1. The first kappa shape index (κ1) is 19.5. The first-order chi connectivity index (χ1) is 13.0. The summed E-state index contributed by atoms with van der Waals surface area (Å²) in [6.45, 7) is 4.82. The molecule has 0 unspecified atom stereocenters. The summed E-state index contributed by atoms with van der Waals surface area (Å²) in [5.41, 5.74) is 0.953. The summed E-state index contributed by atoms with van der Waals surface area (Å²) < 4.78 is 28.6. The van der Waals surface area contributed by atoms with Gasteiger partial charge in [-0.1, -0.05) is 18.7 Å². The van der Waals surface area contributed by atoms with Gasteiger partial charge < -0.3 is 9.88 Å². The lowest BCUT2D eigenvalue weighted by molar-refractivity contribution is -0.113. The molecule has 0 aliphatic heterocycles. The molecule has 0 atom stereocenters. The van der Waals surface area contributed by atoms with Crippen molar-refractivity contribution in [1.29, 1.82) is 0 Å². The van der Waals surface area contributed by atoms with Crippen molar-refractivity contribution < 1.29 is 13.6 Å². The Morgan fingerprint density at radius 1 is 1.30 bits per heavy atom. The van der Waals surface area contributed by atoms with Crippen LogP contribution in [0.25, 0.3) is 11.4 Å². The highest BCUT2D eigenvalue weighted by molar-refractivity contribution is 7.99. The number of hydrogen-bond acceptors (Lipinski definition) is 5. The normalized spacial score (nSPS) is 11.0. The number of aromatic nitrogens is 3. The Morgan fingerprint density at radius 2 is 2.11 bits per heavy atom. The van der Waals surface area contributed by atoms with Gasteiger partial charge in [0.25, 0.3) is 0 Å². The molecule has 0 spiro atoms. The number of halogens is 2. The molecule has 0 radical (unpaired) electrons. The van der Waals surface area contributed by atoms with E-state index in [9.17, 15) is 13.6 Å². The zero-order valence-corrected chi connectivity index (χ0v) is 16.5. The van der Waals surface area contributed by atoms with Crippen LogP contribution in [-0.4, -0.2) is 26.4 Å². The number of nitrogens with zero attached hydrogens (tertiary/aromatic N) is 3. The molecular weight excluding hydrogens is 390 g/mol. The lowest BCUT2D eigenvalue weighted by atomic mass is 10.3.